The van der Waals surface area contributed by atoms with Crippen LogP contribution >= 0.6 is 0 Å². The van der Waals surface area contributed by atoms with Crippen LogP contribution in [0.3, 0.4) is 0 Å². The molecule has 6 nitrogen and oxygen atoms in total. The lowest BCUT2D eigenvalue weighted by Gasteiger charge is -2.31. The quantitative estimate of drug-likeness (QED) is 0.849. The van der Waals surface area contributed by atoms with Gasteiger partial charge in [-0.1, -0.05) is 19.3 Å². The number of aromatic nitrogens is 2. The molecule has 150 valence electrons. The van der Waals surface area contributed by atoms with Crippen LogP contribution in [0.4, 0.5) is 13.2 Å². The van der Waals surface area contributed by atoms with E-state index in [1.807, 2.05) is 0 Å². The van der Waals surface area contributed by atoms with Gasteiger partial charge in [0.05, 0.1) is 11.9 Å². The van der Waals surface area contributed by atoms with Crippen molar-refractivity contribution in [2.75, 3.05) is 7.05 Å². The second kappa shape index (κ2) is 7.65. The molecule has 0 spiro atoms. The highest BCUT2D eigenvalue weighted by molar-refractivity contribution is 5.94. The molecule has 0 bridgehead atoms. The number of rotatable bonds is 4. The maximum atomic E-state index is 13.3. The van der Waals surface area contributed by atoms with Gasteiger partial charge in [0, 0.05) is 18.7 Å². The van der Waals surface area contributed by atoms with Crippen molar-refractivity contribution in [2.24, 2.45) is 0 Å². The lowest BCUT2D eigenvalue weighted by Crippen LogP contribution is -2.38. The van der Waals surface area contributed by atoms with Crippen molar-refractivity contribution >= 4 is 11.9 Å². The van der Waals surface area contributed by atoms with Gasteiger partial charge in [-0.2, -0.15) is 18.3 Å². The first-order valence-corrected chi connectivity index (χ1v) is 8.96. The number of halogens is 3. The predicted octanol–water partition coefficient (Wildman–Crippen LogP) is 3.99. The third-order valence-electron chi connectivity index (χ3n) is 5.07. The predicted molar refractivity (Wildman–Crippen MR) is 94.5 cm³/mol. The Morgan fingerprint density at radius 2 is 1.75 bits per heavy atom. The van der Waals surface area contributed by atoms with E-state index in [9.17, 15) is 22.8 Å². The van der Waals surface area contributed by atoms with E-state index in [-0.39, 0.29) is 17.6 Å². The number of nitrogens with zero attached hydrogens (tertiary/aromatic N) is 3. The maximum absolute atomic E-state index is 13.3. The molecule has 1 amide bonds. The third kappa shape index (κ3) is 3.88. The van der Waals surface area contributed by atoms with Gasteiger partial charge in [0.25, 0.3) is 5.91 Å². The summed E-state index contributed by atoms with van der Waals surface area (Å²) in [6.45, 7) is 0. The number of amides is 1. The Hall–Kier alpha value is -2.84. The molecule has 0 aliphatic heterocycles. The molecule has 1 aliphatic carbocycles. The second-order valence-corrected chi connectivity index (χ2v) is 6.88. The summed E-state index contributed by atoms with van der Waals surface area (Å²) in [4.78, 5) is 25.4. The van der Waals surface area contributed by atoms with Gasteiger partial charge in [0.2, 0.25) is 0 Å². The van der Waals surface area contributed by atoms with Gasteiger partial charge < -0.3 is 10.0 Å². The van der Waals surface area contributed by atoms with Crippen LogP contribution in [0, 0.1) is 0 Å². The van der Waals surface area contributed by atoms with Gasteiger partial charge in [-0.05, 0) is 37.1 Å². The van der Waals surface area contributed by atoms with E-state index in [1.165, 1.54) is 24.3 Å². The topological polar surface area (TPSA) is 75.4 Å². The Kier molecular flexibility index (Phi) is 5.44. The summed E-state index contributed by atoms with van der Waals surface area (Å²) in [5, 5.41) is 12.6. The van der Waals surface area contributed by atoms with E-state index >= 15 is 0 Å². The molecule has 28 heavy (non-hydrogen) atoms. The second-order valence-electron chi connectivity index (χ2n) is 6.88. The van der Waals surface area contributed by atoms with Crippen LogP contribution in [-0.4, -0.2) is 44.8 Å². The summed E-state index contributed by atoms with van der Waals surface area (Å²) < 4.78 is 40.5. The van der Waals surface area contributed by atoms with Gasteiger partial charge in [-0.15, -0.1) is 0 Å². The van der Waals surface area contributed by atoms with Crippen molar-refractivity contribution in [3.8, 4) is 5.69 Å². The Labute approximate surface area is 159 Å². The van der Waals surface area contributed by atoms with Crippen LogP contribution in [0.25, 0.3) is 5.69 Å². The third-order valence-corrected chi connectivity index (χ3v) is 5.07. The van der Waals surface area contributed by atoms with Gasteiger partial charge in [-0.3, -0.25) is 4.79 Å². The zero-order valence-electron chi connectivity index (χ0n) is 15.2. The molecular weight excluding hydrogens is 375 g/mol. The van der Waals surface area contributed by atoms with Crippen LogP contribution in [0.1, 0.15) is 58.5 Å². The molecule has 0 saturated heterocycles. The van der Waals surface area contributed by atoms with Crippen LogP contribution in [-0.2, 0) is 6.18 Å². The number of benzene rings is 1. The number of carbonyl (C=O) groups excluding carboxylic acids is 1. The minimum Gasteiger partial charge on any atom is -0.478 e. The average molecular weight is 395 g/mol. The van der Waals surface area contributed by atoms with Crippen molar-refractivity contribution < 1.29 is 27.9 Å². The summed E-state index contributed by atoms with van der Waals surface area (Å²) in [7, 11) is 1.74. The van der Waals surface area contributed by atoms with E-state index in [1.54, 1.807) is 11.9 Å². The minimum absolute atomic E-state index is 0.0247. The van der Waals surface area contributed by atoms with Crippen molar-refractivity contribution in [3.05, 3.63) is 47.3 Å². The zero-order chi connectivity index (χ0) is 20.5. The number of carbonyl (C=O) groups is 2. The van der Waals surface area contributed by atoms with Crippen LogP contribution in [0.2, 0.25) is 0 Å². The van der Waals surface area contributed by atoms with Crippen molar-refractivity contribution in [3.63, 3.8) is 0 Å². The van der Waals surface area contributed by atoms with Crippen LogP contribution < -0.4 is 0 Å². The normalized spacial score (nSPS) is 15.4. The number of carboxylic acid groups (broad SMARTS) is 1. The average Bonchev–Trinajstić information content (AvgIpc) is 3.14. The Balaban J connectivity index is 1.87. The molecule has 1 aromatic heterocycles. The molecule has 0 atom stereocenters. The van der Waals surface area contributed by atoms with Gasteiger partial charge in [0.15, 0.2) is 5.69 Å². The molecule has 1 aromatic carbocycles. The van der Waals surface area contributed by atoms with Crippen molar-refractivity contribution in [1.82, 2.24) is 14.7 Å². The lowest BCUT2D eigenvalue weighted by atomic mass is 9.94. The monoisotopic (exact) mass is 395 g/mol. The molecule has 1 aliphatic rings. The first-order valence-electron chi connectivity index (χ1n) is 8.96. The highest BCUT2D eigenvalue weighted by atomic mass is 19.4. The SMILES string of the molecule is CN(C(=O)c1ccc(-n2ncc(C(=O)O)c2C(F)(F)F)cc1)C1CCCCC1. The van der Waals surface area contributed by atoms with Crippen molar-refractivity contribution in [1.29, 1.82) is 0 Å². The van der Waals surface area contributed by atoms with Gasteiger partial charge >= 0.3 is 12.1 Å². The van der Waals surface area contributed by atoms with Crippen molar-refractivity contribution in [2.45, 2.75) is 44.3 Å². The first-order chi connectivity index (χ1) is 13.2. The highest BCUT2D eigenvalue weighted by Crippen LogP contribution is 2.33. The van der Waals surface area contributed by atoms with E-state index in [0.717, 1.165) is 32.1 Å². The molecule has 1 fully saturated rings. The summed E-state index contributed by atoms with van der Waals surface area (Å²) in [5.41, 5.74) is -1.91. The Morgan fingerprint density at radius 1 is 1.14 bits per heavy atom. The maximum Gasteiger partial charge on any atom is 0.434 e. The summed E-state index contributed by atoms with van der Waals surface area (Å²) >= 11 is 0. The number of carboxylic acids is 1. The van der Waals surface area contributed by atoms with E-state index in [0.29, 0.717) is 16.4 Å². The summed E-state index contributed by atoms with van der Waals surface area (Å²) in [5.74, 6) is -1.90. The standard InChI is InChI=1S/C19H20F3N3O3/c1-24(13-5-3-2-4-6-13)17(26)12-7-9-14(10-8-12)25-16(19(20,21)22)15(11-23-25)18(27)28/h7-11,13H,2-6H2,1H3,(H,27,28). The fourth-order valence-electron chi connectivity index (χ4n) is 3.56. The number of hydrogen-bond donors (Lipinski definition) is 1. The van der Waals surface area contributed by atoms with E-state index in [2.05, 4.69) is 5.10 Å². The van der Waals surface area contributed by atoms with Crippen LogP contribution in [0.5, 0.6) is 0 Å². The molecule has 0 radical (unpaired) electrons. The molecule has 3 rings (SSSR count). The van der Waals surface area contributed by atoms with E-state index < -0.39 is 23.4 Å². The highest BCUT2D eigenvalue weighted by Gasteiger charge is 2.40. The number of hydrogen-bond acceptors (Lipinski definition) is 3. The van der Waals surface area contributed by atoms with Crippen LogP contribution in [0.15, 0.2) is 30.5 Å². The molecule has 2 aromatic rings. The fourth-order valence-corrected chi connectivity index (χ4v) is 3.56. The largest absolute Gasteiger partial charge is 0.478 e. The summed E-state index contributed by atoms with van der Waals surface area (Å²) in [6, 6.07) is 5.69. The lowest BCUT2D eigenvalue weighted by molar-refractivity contribution is -0.143. The van der Waals surface area contributed by atoms with E-state index in [4.69, 9.17) is 5.11 Å². The molecule has 0 unspecified atom stereocenters. The molecule has 9 heteroatoms. The molecule has 1 saturated carbocycles. The Morgan fingerprint density at radius 3 is 2.29 bits per heavy atom. The minimum atomic E-state index is -4.89. The zero-order valence-corrected chi connectivity index (χ0v) is 15.2. The number of alkyl halides is 3. The Bertz CT molecular complexity index is 869. The smallest absolute Gasteiger partial charge is 0.434 e. The fraction of sp³-hybridized carbons (Fsp3) is 0.421. The first kappa shape index (κ1) is 19.9. The van der Waals surface area contributed by atoms with Gasteiger partial charge in [0.1, 0.15) is 5.56 Å². The summed E-state index contributed by atoms with van der Waals surface area (Å²) in [6.07, 6.45) is 0.984. The molecule has 1 heterocycles. The molecular formula is C19H20F3N3O3. The number of aromatic carboxylic acids is 1. The van der Waals surface area contributed by atoms with Gasteiger partial charge in [-0.25, -0.2) is 9.48 Å². The molecule has 1 N–H and O–H groups in total.